The van der Waals surface area contributed by atoms with Gasteiger partial charge in [-0.3, -0.25) is 0 Å². The minimum atomic E-state index is -0.666. The Labute approximate surface area is 118 Å². The molecule has 2 heterocycles. The van der Waals surface area contributed by atoms with Crippen molar-refractivity contribution in [3.63, 3.8) is 0 Å². The van der Waals surface area contributed by atoms with Gasteiger partial charge in [0, 0.05) is 6.54 Å². The third-order valence-corrected chi connectivity index (χ3v) is 3.92. The van der Waals surface area contributed by atoms with Crippen molar-refractivity contribution >= 4 is 0 Å². The molecule has 2 aliphatic heterocycles. The van der Waals surface area contributed by atoms with Crippen molar-refractivity contribution in [2.24, 2.45) is 0 Å². The van der Waals surface area contributed by atoms with E-state index in [9.17, 15) is 9.50 Å². The van der Waals surface area contributed by atoms with Gasteiger partial charge in [0.05, 0.1) is 6.10 Å². The minimum absolute atomic E-state index is 0.159. The van der Waals surface area contributed by atoms with Gasteiger partial charge in [-0.05, 0) is 50.0 Å². The molecule has 1 N–H and O–H groups in total. The van der Waals surface area contributed by atoms with Crippen molar-refractivity contribution in [3.05, 3.63) is 23.5 Å². The second-order valence-electron chi connectivity index (χ2n) is 5.38. The van der Waals surface area contributed by atoms with Crippen molar-refractivity contribution in [1.29, 1.82) is 0 Å². The zero-order chi connectivity index (χ0) is 13.9. The first-order valence-corrected chi connectivity index (χ1v) is 7.23. The Morgan fingerprint density at radius 2 is 1.95 bits per heavy atom. The van der Waals surface area contributed by atoms with Gasteiger partial charge in [0.2, 0.25) is 0 Å². The van der Waals surface area contributed by atoms with Crippen molar-refractivity contribution in [3.8, 4) is 11.5 Å². The van der Waals surface area contributed by atoms with E-state index in [0.29, 0.717) is 30.9 Å². The Balaban J connectivity index is 1.67. The molecule has 1 atom stereocenters. The molecule has 3 rings (SSSR count). The van der Waals surface area contributed by atoms with Gasteiger partial charge in [-0.1, -0.05) is 0 Å². The topological polar surface area (TPSA) is 41.9 Å². The van der Waals surface area contributed by atoms with Crippen molar-refractivity contribution < 1.29 is 19.0 Å². The third kappa shape index (κ3) is 2.88. The number of ether oxygens (including phenoxy) is 2. The molecule has 0 bridgehead atoms. The molecule has 4 nitrogen and oxygen atoms in total. The summed E-state index contributed by atoms with van der Waals surface area (Å²) in [6.07, 6.45) is 2.41. The highest BCUT2D eigenvalue weighted by Gasteiger charge is 2.21. The molecule has 20 heavy (non-hydrogen) atoms. The van der Waals surface area contributed by atoms with Crippen LogP contribution in [0.15, 0.2) is 12.1 Å². The SMILES string of the molecule is OC(CCN1CCCC1)c1cc(F)c2c(c1)OCCO2. The average molecular weight is 281 g/mol. The maximum atomic E-state index is 13.9. The van der Waals surface area contributed by atoms with Crippen LogP contribution in [0.25, 0.3) is 0 Å². The number of benzene rings is 1. The van der Waals surface area contributed by atoms with Crippen LogP contribution in [0.5, 0.6) is 11.5 Å². The molecule has 2 aliphatic rings. The predicted octanol–water partition coefficient (Wildman–Crippen LogP) is 2.12. The van der Waals surface area contributed by atoms with E-state index >= 15 is 0 Å². The molecule has 0 aliphatic carbocycles. The summed E-state index contributed by atoms with van der Waals surface area (Å²) in [4.78, 5) is 2.33. The van der Waals surface area contributed by atoms with E-state index in [2.05, 4.69) is 4.90 Å². The summed E-state index contributed by atoms with van der Waals surface area (Å²) in [5, 5.41) is 10.2. The Bertz CT molecular complexity index is 474. The second kappa shape index (κ2) is 5.97. The smallest absolute Gasteiger partial charge is 0.197 e. The fourth-order valence-corrected chi connectivity index (χ4v) is 2.80. The Hall–Kier alpha value is -1.33. The zero-order valence-electron chi connectivity index (χ0n) is 11.5. The van der Waals surface area contributed by atoms with E-state index in [0.717, 1.165) is 19.6 Å². The molecular weight excluding hydrogens is 261 g/mol. The predicted molar refractivity (Wildman–Crippen MR) is 72.6 cm³/mol. The number of hydrogen-bond donors (Lipinski definition) is 1. The Morgan fingerprint density at radius 1 is 1.20 bits per heavy atom. The molecule has 1 fully saturated rings. The van der Waals surface area contributed by atoms with Gasteiger partial charge in [-0.2, -0.15) is 0 Å². The van der Waals surface area contributed by atoms with Crippen LogP contribution in [-0.2, 0) is 0 Å². The number of fused-ring (bicyclic) bond motifs is 1. The van der Waals surface area contributed by atoms with E-state index in [1.807, 2.05) is 0 Å². The van der Waals surface area contributed by atoms with Crippen LogP contribution in [0.2, 0.25) is 0 Å². The summed E-state index contributed by atoms with van der Waals surface area (Å²) < 4.78 is 24.5. The first kappa shape index (κ1) is 13.6. The monoisotopic (exact) mass is 281 g/mol. The number of halogens is 1. The van der Waals surface area contributed by atoms with Gasteiger partial charge in [-0.25, -0.2) is 4.39 Å². The lowest BCUT2D eigenvalue weighted by Crippen LogP contribution is -2.22. The molecule has 5 heteroatoms. The van der Waals surface area contributed by atoms with E-state index in [4.69, 9.17) is 9.47 Å². The van der Waals surface area contributed by atoms with Crippen molar-refractivity contribution in [2.45, 2.75) is 25.4 Å². The first-order valence-electron chi connectivity index (χ1n) is 7.23. The molecule has 0 aromatic heterocycles. The number of hydrogen-bond acceptors (Lipinski definition) is 4. The van der Waals surface area contributed by atoms with Crippen molar-refractivity contribution in [2.75, 3.05) is 32.8 Å². The molecule has 1 aromatic carbocycles. The van der Waals surface area contributed by atoms with Crippen LogP contribution in [0.4, 0.5) is 4.39 Å². The lowest BCUT2D eigenvalue weighted by molar-refractivity contribution is 0.143. The van der Waals surface area contributed by atoms with Crippen LogP contribution in [0.3, 0.4) is 0 Å². The lowest BCUT2D eigenvalue weighted by Gasteiger charge is -2.22. The van der Waals surface area contributed by atoms with Crippen LogP contribution in [0.1, 0.15) is 30.9 Å². The minimum Gasteiger partial charge on any atom is -0.486 e. The lowest BCUT2D eigenvalue weighted by atomic mass is 10.0. The second-order valence-corrected chi connectivity index (χ2v) is 5.38. The number of rotatable bonds is 4. The summed E-state index contributed by atoms with van der Waals surface area (Å²) in [5.41, 5.74) is 0.561. The molecule has 110 valence electrons. The molecule has 1 saturated heterocycles. The maximum absolute atomic E-state index is 13.9. The van der Waals surface area contributed by atoms with Gasteiger partial charge in [-0.15, -0.1) is 0 Å². The van der Waals surface area contributed by atoms with Crippen LogP contribution >= 0.6 is 0 Å². The third-order valence-electron chi connectivity index (χ3n) is 3.92. The zero-order valence-corrected chi connectivity index (χ0v) is 11.5. The fraction of sp³-hybridized carbons (Fsp3) is 0.600. The summed E-state index contributed by atoms with van der Waals surface area (Å²) in [6.45, 7) is 3.82. The van der Waals surface area contributed by atoms with Crippen LogP contribution < -0.4 is 9.47 Å². The Kier molecular flexibility index (Phi) is 4.08. The molecule has 0 spiro atoms. The van der Waals surface area contributed by atoms with E-state index in [1.165, 1.54) is 18.9 Å². The largest absolute Gasteiger partial charge is 0.486 e. The highest BCUT2D eigenvalue weighted by molar-refractivity contribution is 5.45. The maximum Gasteiger partial charge on any atom is 0.197 e. The molecule has 0 saturated carbocycles. The van der Waals surface area contributed by atoms with Crippen LogP contribution in [-0.4, -0.2) is 42.9 Å². The van der Waals surface area contributed by atoms with Gasteiger partial charge in [0.15, 0.2) is 17.3 Å². The normalized spacial score (nSPS) is 20.1. The number of nitrogens with zero attached hydrogens (tertiary/aromatic N) is 1. The quantitative estimate of drug-likeness (QED) is 0.918. The van der Waals surface area contributed by atoms with E-state index < -0.39 is 11.9 Å². The number of likely N-dealkylation sites (tertiary alicyclic amines) is 1. The summed E-state index contributed by atoms with van der Waals surface area (Å²) in [6, 6.07) is 3.04. The van der Waals surface area contributed by atoms with Gasteiger partial charge in [0.1, 0.15) is 13.2 Å². The number of aliphatic hydroxyl groups is 1. The molecule has 1 aromatic rings. The van der Waals surface area contributed by atoms with Crippen molar-refractivity contribution in [1.82, 2.24) is 4.90 Å². The van der Waals surface area contributed by atoms with Gasteiger partial charge >= 0.3 is 0 Å². The molecule has 0 amide bonds. The first-order chi connectivity index (χ1) is 9.74. The van der Waals surface area contributed by atoms with Crippen LogP contribution in [0, 0.1) is 5.82 Å². The average Bonchev–Trinajstić information content (AvgIpc) is 2.98. The summed E-state index contributed by atoms with van der Waals surface area (Å²) in [7, 11) is 0. The highest BCUT2D eigenvalue weighted by Crippen LogP contribution is 2.36. The highest BCUT2D eigenvalue weighted by atomic mass is 19.1. The Morgan fingerprint density at radius 3 is 2.75 bits per heavy atom. The summed E-state index contributed by atoms with van der Waals surface area (Å²) >= 11 is 0. The molecular formula is C15H20FNO3. The standard InChI is InChI=1S/C15H20FNO3/c16-12-9-11(10-14-15(12)20-8-7-19-14)13(18)3-6-17-4-1-2-5-17/h9-10,13,18H,1-8H2. The van der Waals surface area contributed by atoms with E-state index in [1.54, 1.807) is 6.07 Å². The van der Waals surface area contributed by atoms with Gasteiger partial charge < -0.3 is 19.5 Å². The molecule has 0 radical (unpaired) electrons. The van der Waals surface area contributed by atoms with Gasteiger partial charge in [0.25, 0.3) is 0 Å². The van der Waals surface area contributed by atoms with E-state index in [-0.39, 0.29) is 5.75 Å². The molecule has 1 unspecified atom stereocenters. The summed E-state index contributed by atoms with van der Waals surface area (Å²) in [5.74, 6) is 0.0932. The number of aliphatic hydroxyl groups excluding tert-OH is 1. The fourth-order valence-electron chi connectivity index (χ4n) is 2.80.